The standard InChI is InChI=1S/C20H22FN3O3/c21-14-6-4-13(5-7-14)12-22-17(26)15-16(25)18(27)24-11-3-10-20(19(24)23-15)8-1-2-9-20/h4-7,25H,1-3,8-12H2,(H,22,26). The minimum absolute atomic E-state index is 0.156. The van der Waals surface area contributed by atoms with Gasteiger partial charge in [-0.1, -0.05) is 25.0 Å². The molecule has 0 atom stereocenters. The van der Waals surface area contributed by atoms with Crippen LogP contribution >= 0.6 is 0 Å². The van der Waals surface area contributed by atoms with Crippen molar-refractivity contribution in [2.75, 3.05) is 0 Å². The third-order valence-electron chi connectivity index (χ3n) is 5.80. The summed E-state index contributed by atoms with van der Waals surface area (Å²) < 4.78 is 14.5. The molecule has 0 unspecified atom stereocenters. The Bertz CT molecular complexity index is 931. The number of carbonyl (C=O) groups excluding carboxylic acids is 1. The molecule has 6 nitrogen and oxygen atoms in total. The van der Waals surface area contributed by atoms with Crippen LogP contribution in [0.15, 0.2) is 29.1 Å². The van der Waals surface area contributed by atoms with E-state index in [-0.39, 0.29) is 23.5 Å². The molecular weight excluding hydrogens is 349 g/mol. The van der Waals surface area contributed by atoms with E-state index in [0.717, 1.165) is 38.5 Å². The van der Waals surface area contributed by atoms with E-state index < -0.39 is 17.2 Å². The van der Waals surface area contributed by atoms with Crippen LogP contribution in [0.3, 0.4) is 0 Å². The van der Waals surface area contributed by atoms with Crippen LogP contribution in [0.25, 0.3) is 0 Å². The van der Waals surface area contributed by atoms with Crippen molar-refractivity contribution in [1.82, 2.24) is 14.9 Å². The third-order valence-corrected chi connectivity index (χ3v) is 5.80. The highest BCUT2D eigenvalue weighted by Gasteiger charge is 2.42. The van der Waals surface area contributed by atoms with E-state index >= 15 is 0 Å². The second kappa shape index (κ2) is 6.79. The van der Waals surface area contributed by atoms with E-state index in [0.29, 0.717) is 17.9 Å². The maximum atomic E-state index is 13.0. The lowest BCUT2D eigenvalue weighted by atomic mass is 9.78. The van der Waals surface area contributed by atoms with Crippen LogP contribution in [0.4, 0.5) is 4.39 Å². The molecule has 1 aromatic carbocycles. The maximum absolute atomic E-state index is 13.0. The monoisotopic (exact) mass is 371 g/mol. The van der Waals surface area contributed by atoms with Gasteiger partial charge in [0.25, 0.3) is 11.5 Å². The van der Waals surface area contributed by atoms with Crippen LogP contribution in [0.1, 0.15) is 60.4 Å². The van der Waals surface area contributed by atoms with Crippen LogP contribution in [-0.4, -0.2) is 20.6 Å². The third kappa shape index (κ3) is 3.11. The van der Waals surface area contributed by atoms with Gasteiger partial charge in [0, 0.05) is 18.5 Å². The van der Waals surface area contributed by atoms with E-state index in [1.165, 1.54) is 12.1 Å². The Kier molecular flexibility index (Phi) is 4.45. The number of nitrogens with zero attached hydrogens (tertiary/aromatic N) is 2. The summed E-state index contributed by atoms with van der Waals surface area (Å²) in [6, 6.07) is 5.76. The fourth-order valence-corrected chi connectivity index (χ4v) is 4.40. The Labute approximate surface area is 156 Å². The summed E-state index contributed by atoms with van der Waals surface area (Å²) in [7, 11) is 0. The predicted octanol–water partition coefficient (Wildman–Crippen LogP) is 2.62. The van der Waals surface area contributed by atoms with Gasteiger partial charge in [0.05, 0.1) is 0 Å². The normalized spacial score (nSPS) is 17.7. The van der Waals surface area contributed by atoms with Crippen LogP contribution in [0.5, 0.6) is 5.75 Å². The van der Waals surface area contributed by atoms with Crippen LogP contribution in [-0.2, 0) is 18.5 Å². The molecule has 1 saturated carbocycles. The van der Waals surface area contributed by atoms with Crippen molar-refractivity contribution in [3.05, 3.63) is 57.5 Å². The Morgan fingerprint density at radius 2 is 1.85 bits per heavy atom. The summed E-state index contributed by atoms with van der Waals surface area (Å²) in [6.45, 7) is 0.678. The van der Waals surface area contributed by atoms with E-state index in [1.807, 2.05) is 0 Å². The van der Waals surface area contributed by atoms with Crippen molar-refractivity contribution in [2.24, 2.45) is 0 Å². The molecular formula is C20H22FN3O3. The van der Waals surface area contributed by atoms with Crippen molar-refractivity contribution in [3.63, 3.8) is 0 Å². The molecule has 7 heteroatoms. The summed E-state index contributed by atoms with van der Waals surface area (Å²) in [6.07, 6.45) is 5.93. The molecule has 1 aromatic heterocycles. The number of halogens is 1. The minimum atomic E-state index is -0.606. The molecule has 1 aliphatic heterocycles. The molecule has 2 aliphatic rings. The number of hydrogen-bond donors (Lipinski definition) is 2. The fraction of sp³-hybridized carbons (Fsp3) is 0.450. The molecule has 0 saturated heterocycles. The molecule has 1 spiro atoms. The van der Waals surface area contributed by atoms with Gasteiger partial charge in [-0.05, 0) is 43.4 Å². The van der Waals surface area contributed by atoms with Crippen molar-refractivity contribution < 1.29 is 14.3 Å². The topological polar surface area (TPSA) is 84.2 Å². The largest absolute Gasteiger partial charge is 0.501 e. The molecule has 1 amide bonds. The second-order valence-corrected chi connectivity index (χ2v) is 7.49. The van der Waals surface area contributed by atoms with Crippen LogP contribution in [0.2, 0.25) is 0 Å². The quantitative estimate of drug-likeness (QED) is 0.869. The number of aromatic hydroxyl groups is 1. The summed E-state index contributed by atoms with van der Waals surface area (Å²) in [5.41, 5.74) is -0.206. The van der Waals surface area contributed by atoms with E-state index in [4.69, 9.17) is 0 Å². The number of nitrogens with one attached hydrogen (secondary N) is 1. The second-order valence-electron chi connectivity index (χ2n) is 7.49. The molecule has 142 valence electrons. The molecule has 4 rings (SSSR count). The number of carbonyl (C=O) groups is 1. The first-order chi connectivity index (χ1) is 13.0. The maximum Gasteiger partial charge on any atom is 0.296 e. The van der Waals surface area contributed by atoms with Gasteiger partial charge in [0.2, 0.25) is 5.75 Å². The van der Waals surface area contributed by atoms with Crippen molar-refractivity contribution in [3.8, 4) is 5.75 Å². The van der Waals surface area contributed by atoms with Gasteiger partial charge in [-0.25, -0.2) is 9.37 Å². The van der Waals surface area contributed by atoms with Gasteiger partial charge in [-0.15, -0.1) is 0 Å². The zero-order valence-corrected chi connectivity index (χ0v) is 15.0. The van der Waals surface area contributed by atoms with E-state index in [1.54, 1.807) is 16.7 Å². The molecule has 0 radical (unpaired) electrons. The van der Waals surface area contributed by atoms with Gasteiger partial charge < -0.3 is 10.4 Å². The number of aromatic nitrogens is 2. The Hall–Kier alpha value is -2.70. The number of hydrogen-bond acceptors (Lipinski definition) is 4. The first kappa shape index (κ1) is 17.7. The lowest BCUT2D eigenvalue weighted by Gasteiger charge is -2.35. The summed E-state index contributed by atoms with van der Waals surface area (Å²) >= 11 is 0. The Morgan fingerprint density at radius 3 is 2.56 bits per heavy atom. The molecule has 1 fully saturated rings. The zero-order chi connectivity index (χ0) is 19.0. The number of amides is 1. The molecule has 1 aliphatic carbocycles. The Morgan fingerprint density at radius 1 is 1.19 bits per heavy atom. The summed E-state index contributed by atoms with van der Waals surface area (Å²) in [5, 5.41) is 12.9. The smallest absolute Gasteiger partial charge is 0.296 e. The molecule has 27 heavy (non-hydrogen) atoms. The van der Waals surface area contributed by atoms with Crippen molar-refractivity contribution in [2.45, 2.75) is 57.0 Å². The lowest BCUT2D eigenvalue weighted by molar-refractivity contribution is 0.0940. The van der Waals surface area contributed by atoms with Crippen molar-refractivity contribution in [1.29, 1.82) is 0 Å². The lowest BCUT2D eigenvalue weighted by Crippen LogP contribution is -2.41. The fourth-order valence-electron chi connectivity index (χ4n) is 4.40. The molecule has 2 N–H and O–H groups in total. The van der Waals surface area contributed by atoms with Crippen LogP contribution < -0.4 is 10.9 Å². The molecule has 0 bridgehead atoms. The summed E-state index contributed by atoms with van der Waals surface area (Å²) in [5.74, 6) is -0.920. The number of fused-ring (bicyclic) bond motifs is 2. The first-order valence-electron chi connectivity index (χ1n) is 9.37. The average molecular weight is 371 g/mol. The minimum Gasteiger partial charge on any atom is -0.501 e. The van der Waals surface area contributed by atoms with Gasteiger partial charge >= 0.3 is 0 Å². The van der Waals surface area contributed by atoms with Gasteiger partial charge in [-0.2, -0.15) is 0 Å². The summed E-state index contributed by atoms with van der Waals surface area (Å²) in [4.78, 5) is 29.7. The first-order valence-corrected chi connectivity index (χ1v) is 9.37. The predicted molar refractivity (Wildman–Crippen MR) is 97.1 cm³/mol. The highest BCUT2D eigenvalue weighted by Crippen LogP contribution is 2.45. The van der Waals surface area contributed by atoms with Gasteiger partial charge in [0.15, 0.2) is 5.69 Å². The highest BCUT2D eigenvalue weighted by molar-refractivity contribution is 5.94. The number of rotatable bonds is 3. The highest BCUT2D eigenvalue weighted by atomic mass is 19.1. The zero-order valence-electron chi connectivity index (χ0n) is 15.0. The van der Waals surface area contributed by atoms with Crippen molar-refractivity contribution >= 4 is 5.91 Å². The van der Waals surface area contributed by atoms with Gasteiger partial charge in [0.1, 0.15) is 11.6 Å². The Balaban J connectivity index is 1.64. The number of benzene rings is 1. The van der Waals surface area contributed by atoms with E-state index in [2.05, 4.69) is 10.3 Å². The van der Waals surface area contributed by atoms with E-state index in [9.17, 15) is 19.1 Å². The average Bonchev–Trinajstić information content (AvgIpc) is 3.13. The molecule has 2 heterocycles. The van der Waals surface area contributed by atoms with Crippen LogP contribution in [0, 0.1) is 5.82 Å². The SMILES string of the molecule is O=C(NCc1ccc(F)cc1)c1nc2n(c(=O)c1O)CCCC21CCCC1. The van der Waals surface area contributed by atoms with Gasteiger partial charge in [-0.3, -0.25) is 14.2 Å². The molecule has 2 aromatic rings.